The van der Waals surface area contributed by atoms with Crippen LogP contribution in [-0.2, 0) is 19.3 Å². The molecule has 0 radical (unpaired) electrons. The normalized spacial score (nSPS) is 10.7. The second-order valence-corrected chi connectivity index (χ2v) is 7.28. The Morgan fingerprint density at radius 3 is 2.27 bits per heavy atom. The Morgan fingerprint density at radius 2 is 1.47 bits per heavy atom. The molecule has 0 saturated heterocycles. The average molecular weight is 396 g/mol. The van der Waals surface area contributed by atoms with Gasteiger partial charge in [0.1, 0.15) is 0 Å². The number of para-hydroxylation sites is 1. The Morgan fingerprint density at radius 1 is 0.767 bits per heavy atom. The summed E-state index contributed by atoms with van der Waals surface area (Å²) in [6.45, 7) is 0.576. The highest BCUT2D eigenvalue weighted by Crippen LogP contribution is 2.13. The molecule has 4 rings (SSSR count). The molecule has 1 N–H and O–H groups in total. The number of nitrogens with one attached hydrogen (secondary N) is 1. The molecule has 0 aliphatic carbocycles. The molecule has 0 bridgehead atoms. The third kappa shape index (κ3) is 5.03. The van der Waals surface area contributed by atoms with Crippen molar-refractivity contribution in [1.29, 1.82) is 0 Å². The number of nitrogens with zero attached hydrogens (tertiary/aromatic N) is 2. The van der Waals surface area contributed by atoms with Crippen molar-refractivity contribution in [3.05, 3.63) is 120 Å². The van der Waals surface area contributed by atoms with Crippen molar-refractivity contribution >= 4 is 5.91 Å². The molecule has 0 saturated carbocycles. The van der Waals surface area contributed by atoms with E-state index in [-0.39, 0.29) is 5.91 Å². The summed E-state index contributed by atoms with van der Waals surface area (Å²) in [6, 6.07) is 28.2. The minimum Gasteiger partial charge on any atom is -0.352 e. The Hall–Kier alpha value is -3.66. The van der Waals surface area contributed by atoms with E-state index in [2.05, 4.69) is 22.5 Å². The molecular weight excluding hydrogens is 370 g/mol. The Balaban J connectivity index is 1.33. The van der Waals surface area contributed by atoms with Gasteiger partial charge in [-0.3, -0.25) is 4.79 Å². The molecule has 0 spiro atoms. The van der Waals surface area contributed by atoms with Gasteiger partial charge in [0.05, 0.1) is 11.9 Å². The van der Waals surface area contributed by atoms with Gasteiger partial charge in [-0.25, -0.2) is 4.68 Å². The number of hydrogen-bond donors (Lipinski definition) is 1. The van der Waals surface area contributed by atoms with E-state index in [1.165, 1.54) is 5.56 Å². The summed E-state index contributed by atoms with van der Waals surface area (Å²) >= 11 is 0. The van der Waals surface area contributed by atoms with Gasteiger partial charge >= 0.3 is 0 Å². The highest BCUT2D eigenvalue weighted by atomic mass is 16.1. The van der Waals surface area contributed by atoms with E-state index in [4.69, 9.17) is 0 Å². The van der Waals surface area contributed by atoms with E-state index in [9.17, 15) is 4.79 Å². The highest BCUT2D eigenvalue weighted by molar-refractivity contribution is 5.95. The first kappa shape index (κ1) is 19.6. The van der Waals surface area contributed by atoms with Crippen LogP contribution in [-0.4, -0.2) is 22.2 Å². The summed E-state index contributed by atoms with van der Waals surface area (Å²) in [6.07, 6.45) is 6.37. The number of rotatable bonds is 8. The van der Waals surface area contributed by atoms with Crippen LogP contribution in [0.3, 0.4) is 0 Å². The lowest BCUT2D eigenvalue weighted by Gasteiger charge is -2.10. The van der Waals surface area contributed by atoms with Gasteiger partial charge in [-0.15, -0.1) is 0 Å². The number of benzene rings is 3. The molecule has 1 amide bonds. The van der Waals surface area contributed by atoms with Crippen LogP contribution >= 0.6 is 0 Å². The van der Waals surface area contributed by atoms with Gasteiger partial charge in [0.2, 0.25) is 0 Å². The molecule has 4 aromatic rings. The number of aromatic nitrogens is 2. The maximum absolute atomic E-state index is 12.8. The first-order valence-electron chi connectivity index (χ1n) is 10.3. The largest absolute Gasteiger partial charge is 0.352 e. The minimum absolute atomic E-state index is 0.0193. The van der Waals surface area contributed by atoms with Crippen molar-refractivity contribution < 1.29 is 4.79 Å². The maximum Gasteiger partial charge on any atom is 0.251 e. The van der Waals surface area contributed by atoms with Crippen LogP contribution in [0.5, 0.6) is 0 Å². The average Bonchev–Trinajstić information content (AvgIpc) is 3.28. The number of hydrogen-bond acceptors (Lipinski definition) is 2. The topological polar surface area (TPSA) is 46.9 Å². The van der Waals surface area contributed by atoms with E-state index < -0.39 is 0 Å². The zero-order valence-electron chi connectivity index (χ0n) is 16.9. The van der Waals surface area contributed by atoms with Crippen LogP contribution in [0, 0.1) is 0 Å². The van der Waals surface area contributed by atoms with Crippen LogP contribution in [0.1, 0.15) is 27.0 Å². The Labute approximate surface area is 177 Å². The molecule has 0 fully saturated rings. The van der Waals surface area contributed by atoms with Crippen LogP contribution in [0.25, 0.3) is 5.69 Å². The van der Waals surface area contributed by atoms with Crippen LogP contribution in [0.4, 0.5) is 0 Å². The van der Waals surface area contributed by atoms with Crippen molar-refractivity contribution in [2.24, 2.45) is 0 Å². The number of amides is 1. The van der Waals surface area contributed by atoms with Crippen molar-refractivity contribution in [2.45, 2.75) is 19.3 Å². The summed E-state index contributed by atoms with van der Waals surface area (Å²) in [5, 5.41) is 7.47. The van der Waals surface area contributed by atoms with Crippen molar-refractivity contribution in [3.8, 4) is 5.69 Å². The van der Waals surface area contributed by atoms with Gasteiger partial charge in [0.15, 0.2) is 0 Å². The molecule has 3 aromatic carbocycles. The van der Waals surface area contributed by atoms with Gasteiger partial charge in [0.25, 0.3) is 5.91 Å². The van der Waals surface area contributed by atoms with Crippen molar-refractivity contribution in [1.82, 2.24) is 15.1 Å². The smallest absolute Gasteiger partial charge is 0.251 e. The second-order valence-electron chi connectivity index (χ2n) is 7.28. The van der Waals surface area contributed by atoms with Gasteiger partial charge in [-0.05, 0) is 54.2 Å². The first-order valence-corrected chi connectivity index (χ1v) is 10.3. The SMILES string of the molecule is O=C(NCCc1cnn(-c2ccccc2)c1)c1ccccc1CCc1ccccc1. The van der Waals surface area contributed by atoms with Crippen LogP contribution in [0.2, 0.25) is 0 Å². The third-order valence-electron chi connectivity index (χ3n) is 5.14. The number of carbonyl (C=O) groups excluding carboxylic acids is 1. The van der Waals surface area contributed by atoms with Gasteiger partial charge in [-0.2, -0.15) is 5.10 Å². The summed E-state index contributed by atoms with van der Waals surface area (Å²) in [7, 11) is 0. The van der Waals surface area contributed by atoms with Crippen LogP contribution in [0.15, 0.2) is 97.3 Å². The maximum atomic E-state index is 12.8. The third-order valence-corrected chi connectivity index (χ3v) is 5.14. The quantitative estimate of drug-likeness (QED) is 0.473. The van der Waals surface area contributed by atoms with Gasteiger partial charge < -0.3 is 5.32 Å². The summed E-state index contributed by atoms with van der Waals surface area (Å²) in [4.78, 5) is 12.8. The molecule has 4 heteroatoms. The zero-order valence-corrected chi connectivity index (χ0v) is 16.9. The lowest BCUT2D eigenvalue weighted by Crippen LogP contribution is -2.26. The van der Waals surface area contributed by atoms with Gasteiger partial charge in [-0.1, -0.05) is 66.7 Å². The molecule has 1 heterocycles. The predicted octanol–water partition coefficient (Wildman–Crippen LogP) is 4.63. The van der Waals surface area contributed by atoms with Crippen molar-refractivity contribution in [2.75, 3.05) is 6.54 Å². The molecule has 1 aromatic heterocycles. The molecule has 0 unspecified atom stereocenters. The lowest BCUT2D eigenvalue weighted by atomic mass is 9.99. The minimum atomic E-state index is -0.0193. The summed E-state index contributed by atoms with van der Waals surface area (Å²) in [5.41, 5.74) is 5.24. The molecular formula is C26H25N3O. The van der Waals surface area contributed by atoms with E-state index in [0.717, 1.165) is 41.6 Å². The van der Waals surface area contributed by atoms with Gasteiger partial charge in [0, 0.05) is 18.3 Å². The molecule has 150 valence electrons. The molecule has 0 aliphatic rings. The molecule has 4 nitrogen and oxygen atoms in total. The van der Waals surface area contributed by atoms with Crippen molar-refractivity contribution in [3.63, 3.8) is 0 Å². The summed E-state index contributed by atoms with van der Waals surface area (Å²) < 4.78 is 1.86. The van der Waals surface area contributed by atoms with E-state index >= 15 is 0 Å². The van der Waals surface area contributed by atoms with E-state index in [1.807, 2.05) is 89.9 Å². The number of carbonyl (C=O) groups is 1. The van der Waals surface area contributed by atoms with E-state index in [0.29, 0.717) is 6.54 Å². The predicted molar refractivity (Wildman–Crippen MR) is 120 cm³/mol. The molecule has 30 heavy (non-hydrogen) atoms. The first-order chi connectivity index (χ1) is 14.8. The monoisotopic (exact) mass is 395 g/mol. The molecule has 0 aliphatic heterocycles. The lowest BCUT2D eigenvalue weighted by molar-refractivity contribution is 0.0953. The summed E-state index contributed by atoms with van der Waals surface area (Å²) in [5.74, 6) is -0.0193. The fraction of sp³-hybridized carbons (Fsp3) is 0.154. The Kier molecular flexibility index (Phi) is 6.35. The fourth-order valence-corrected chi connectivity index (χ4v) is 3.51. The number of aryl methyl sites for hydroxylation is 2. The fourth-order valence-electron chi connectivity index (χ4n) is 3.51. The van der Waals surface area contributed by atoms with Crippen LogP contribution < -0.4 is 5.32 Å². The Bertz CT molecular complexity index is 1090. The zero-order chi connectivity index (χ0) is 20.6. The van der Waals surface area contributed by atoms with E-state index in [1.54, 1.807) is 0 Å². The highest BCUT2D eigenvalue weighted by Gasteiger charge is 2.11. The molecule has 0 atom stereocenters. The second kappa shape index (κ2) is 9.70. The standard InChI is InChI=1S/C26H25N3O/c30-26(25-14-8-7-11-23(25)16-15-21-9-3-1-4-10-21)27-18-17-22-19-28-29(20-22)24-12-5-2-6-13-24/h1-14,19-20H,15-18H2,(H,27,30).